The van der Waals surface area contributed by atoms with E-state index in [0.717, 1.165) is 0 Å². The second-order valence-corrected chi connectivity index (χ2v) is 3.94. The minimum absolute atomic E-state index is 0.218. The second kappa shape index (κ2) is 5.39. The lowest BCUT2D eigenvalue weighted by Crippen LogP contribution is -2.06. The van der Waals surface area contributed by atoms with E-state index in [9.17, 15) is 9.90 Å². The molecule has 0 radical (unpaired) electrons. The van der Waals surface area contributed by atoms with E-state index in [0.29, 0.717) is 5.75 Å². The Kier molecular flexibility index (Phi) is 4.41. The number of aliphatic carboxylic acids is 1. The van der Waals surface area contributed by atoms with Crippen molar-refractivity contribution in [3.8, 4) is 5.75 Å². The molecule has 0 amide bonds. The van der Waals surface area contributed by atoms with Gasteiger partial charge in [-0.3, -0.25) is 4.79 Å². The summed E-state index contributed by atoms with van der Waals surface area (Å²) in [6, 6.07) is 2.83. The van der Waals surface area contributed by atoms with Gasteiger partial charge in [0.15, 0.2) is 0 Å². The van der Waals surface area contributed by atoms with Gasteiger partial charge in [0, 0.05) is 11.6 Å². The Labute approximate surface area is 102 Å². The van der Waals surface area contributed by atoms with Crippen LogP contribution < -0.4 is 4.74 Å². The Morgan fingerprint density at radius 1 is 1.44 bits per heavy atom. The average Bonchev–Trinajstić information content (AvgIpc) is 2.19. The minimum Gasteiger partial charge on any atom is -0.495 e. The number of rotatable bonds is 4. The first-order chi connectivity index (χ1) is 7.45. The van der Waals surface area contributed by atoms with Gasteiger partial charge in [0.1, 0.15) is 5.75 Å². The molecule has 1 aromatic rings. The van der Waals surface area contributed by atoms with Gasteiger partial charge in [-0.2, -0.15) is 0 Å². The molecule has 4 nitrogen and oxygen atoms in total. The standard InChI is InChI=1S/C10H10Cl2O4/c1-16-9-3-6(11)5(2-7(9)12)8(13)4-10(14)15/h2-3,8,13H,4H2,1H3,(H,14,15). The van der Waals surface area contributed by atoms with Crippen LogP contribution in [0.2, 0.25) is 10.0 Å². The summed E-state index contributed by atoms with van der Waals surface area (Å²) in [7, 11) is 1.44. The zero-order valence-electron chi connectivity index (χ0n) is 8.41. The highest BCUT2D eigenvalue weighted by atomic mass is 35.5. The topological polar surface area (TPSA) is 66.8 Å². The van der Waals surface area contributed by atoms with Crippen LogP contribution in [0.25, 0.3) is 0 Å². The molecule has 2 N–H and O–H groups in total. The van der Waals surface area contributed by atoms with Crippen molar-refractivity contribution in [2.45, 2.75) is 12.5 Å². The maximum Gasteiger partial charge on any atom is 0.306 e. The maximum absolute atomic E-state index is 10.4. The first-order valence-corrected chi connectivity index (χ1v) is 5.14. The summed E-state index contributed by atoms with van der Waals surface area (Å²) in [6.45, 7) is 0. The van der Waals surface area contributed by atoms with Gasteiger partial charge in [0.05, 0.1) is 29.7 Å². The highest BCUT2D eigenvalue weighted by Crippen LogP contribution is 2.34. The van der Waals surface area contributed by atoms with Gasteiger partial charge in [-0.05, 0) is 6.07 Å². The third-order valence-electron chi connectivity index (χ3n) is 2.00. The van der Waals surface area contributed by atoms with Gasteiger partial charge >= 0.3 is 5.97 Å². The van der Waals surface area contributed by atoms with Gasteiger partial charge in [0.2, 0.25) is 0 Å². The number of ether oxygens (including phenoxy) is 1. The Balaban J connectivity index is 3.05. The molecule has 0 bridgehead atoms. The van der Waals surface area contributed by atoms with E-state index < -0.39 is 18.5 Å². The van der Waals surface area contributed by atoms with E-state index in [1.165, 1.54) is 19.2 Å². The Bertz CT molecular complexity index is 406. The van der Waals surface area contributed by atoms with E-state index in [2.05, 4.69) is 0 Å². The van der Waals surface area contributed by atoms with Crippen LogP contribution in [0.1, 0.15) is 18.1 Å². The molecule has 88 valence electrons. The first-order valence-electron chi connectivity index (χ1n) is 4.38. The Morgan fingerprint density at radius 3 is 2.56 bits per heavy atom. The number of aliphatic hydroxyl groups excluding tert-OH is 1. The van der Waals surface area contributed by atoms with Crippen LogP contribution in [-0.2, 0) is 4.79 Å². The number of hydrogen-bond donors (Lipinski definition) is 2. The molecule has 0 fully saturated rings. The Hall–Kier alpha value is -0.970. The van der Waals surface area contributed by atoms with Crippen molar-refractivity contribution >= 4 is 29.2 Å². The van der Waals surface area contributed by atoms with Crippen LogP contribution in [0.15, 0.2) is 12.1 Å². The predicted octanol–water partition coefficient (Wildman–Crippen LogP) is 2.51. The van der Waals surface area contributed by atoms with Crippen LogP contribution in [0.5, 0.6) is 5.75 Å². The summed E-state index contributed by atoms with van der Waals surface area (Å²) in [4.78, 5) is 10.4. The molecule has 0 aromatic heterocycles. The number of carboxylic acids is 1. The minimum atomic E-state index is -1.19. The van der Waals surface area contributed by atoms with Gasteiger partial charge < -0.3 is 14.9 Å². The zero-order valence-corrected chi connectivity index (χ0v) is 9.92. The molecule has 16 heavy (non-hydrogen) atoms. The summed E-state index contributed by atoms with van der Waals surface area (Å²) in [5.74, 6) is -0.742. The molecule has 6 heteroatoms. The summed E-state index contributed by atoms with van der Waals surface area (Å²) in [5.41, 5.74) is 0.273. The zero-order chi connectivity index (χ0) is 12.3. The molecular weight excluding hydrogens is 255 g/mol. The van der Waals surface area contributed by atoms with Crippen molar-refractivity contribution in [1.82, 2.24) is 0 Å². The smallest absolute Gasteiger partial charge is 0.306 e. The summed E-state index contributed by atoms with van der Waals surface area (Å²) in [6.07, 6.45) is -1.61. The van der Waals surface area contributed by atoms with E-state index in [1.54, 1.807) is 0 Å². The van der Waals surface area contributed by atoms with Crippen molar-refractivity contribution in [2.75, 3.05) is 7.11 Å². The maximum atomic E-state index is 10.4. The molecule has 1 rings (SSSR count). The molecule has 0 aliphatic carbocycles. The second-order valence-electron chi connectivity index (χ2n) is 3.12. The molecular formula is C10H10Cl2O4. The van der Waals surface area contributed by atoms with Crippen LogP contribution in [0, 0.1) is 0 Å². The molecule has 0 heterocycles. The van der Waals surface area contributed by atoms with Crippen LogP contribution >= 0.6 is 23.2 Å². The number of hydrogen-bond acceptors (Lipinski definition) is 3. The fraction of sp³-hybridized carbons (Fsp3) is 0.300. The fourth-order valence-corrected chi connectivity index (χ4v) is 1.76. The number of carboxylic acid groups (broad SMARTS) is 1. The molecule has 1 aromatic carbocycles. The number of carbonyl (C=O) groups is 1. The lowest BCUT2D eigenvalue weighted by atomic mass is 10.1. The number of aliphatic hydroxyl groups is 1. The molecule has 1 atom stereocenters. The van der Waals surface area contributed by atoms with Crippen molar-refractivity contribution in [2.24, 2.45) is 0 Å². The molecule has 0 saturated carbocycles. The fourth-order valence-electron chi connectivity index (χ4n) is 1.23. The molecule has 1 unspecified atom stereocenters. The first kappa shape index (κ1) is 13.1. The summed E-state index contributed by atoms with van der Waals surface area (Å²) in [5, 5.41) is 18.6. The van der Waals surface area contributed by atoms with E-state index in [-0.39, 0.29) is 15.6 Å². The monoisotopic (exact) mass is 264 g/mol. The summed E-state index contributed by atoms with van der Waals surface area (Å²) >= 11 is 11.7. The molecule has 0 aliphatic heterocycles. The van der Waals surface area contributed by atoms with E-state index in [1.807, 2.05) is 0 Å². The van der Waals surface area contributed by atoms with Crippen molar-refractivity contribution < 1.29 is 19.7 Å². The van der Waals surface area contributed by atoms with Crippen molar-refractivity contribution in [3.05, 3.63) is 27.7 Å². The largest absolute Gasteiger partial charge is 0.495 e. The Morgan fingerprint density at radius 2 is 2.06 bits per heavy atom. The average molecular weight is 265 g/mol. The van der Waals surface area contributed by atoms with Crippen LogP contribution in [0.4, 0.5) is 0 Å². The number of methoxy groups -OCH3 is 1. The third kappa shape index (κ3) is 3.01. The quantitative estimate of drug-likeness (QED) is 0.877. The highest BCUT2D eigenvalue weighted by molar-refractivity contribution is 6.34. The van der Waals surface area contributed by atoms with Gasteiger partial charge in [-0.15, -0.1) is 0 Å². The van der Waals surface area contributed by atoms with Gasteiger partial charge in [-0.25, -0.2) is 0 Å². The summed E-state index contributed by atoms with van der Waals surface area (Å²) < 4.78 is 4.93. The normalized spacial score (nSPS) is 12.2. The van der Waals surface area contributed by atoms with Crippen LogP contribution in [0.3, 0.4) is 0 Å². The van der Waals surface area contributed by atoms with E-state index in [4.69, 9.17) is 33.0 Å². The van der Waals surface area contributed by atoms with Crippen LogP contribution in [-0.4, -0.2) is 23.3 Å². The predicted molar refractivity (Wildman–Crippen MR) is 60.2 cm³/mol. The van der Waals surface area contributed by atoms with Gasteiger partial charge in [-0.1, -0.05) is 23.2 Å². The SMILES string of the molecule is COc1cc(Cl)c(C(O)CC(=O)O)cc1Cl. The molecule has 0 spiro atoms. The lowest BCUT2D eigenvalue weighted by molar-refractivity contribution is -0.139. The third-order valence-corrected chi connectivity index (χ3v) is 2.62. The van der Waals surface area contributed by atoms with Gasteiger partial charge in [0.25, 0.3) is 0 Å². The molecule has 0 aliphatic rings. The van der Waals surface area contributed by atoms with Crippen molar-refractivity contribution in [1.29, 1.82) is 0 Å². The lowest BCUT2D eigenvalue weighted by Gasteiger charge is -2.12. The highest BCUT2D eigenvalue weighted by Gasteiger charge is 2.17. The molecule has 0 saturated heterocycles. The number of halogens is 2. The number of benzene rings is 1. The van der Waals surface area contributed by atoms with E-state index >= 15 is 0 Å². The van der Waals surface area contributed by atoms with Crippen molar-refractivity contribution in [3.63, 3.8) is 0 Å².